The van der Waals surface area contributed by atoms with Crippen LogP contribution in [-0.2, 0) is 26.9 Å². The largest absolute Gasteiger partial charge is 0.475 e. The summed E-state index contributed by atoms with van der Waals surface area (Å²) in [7, 11) is -2.00. The molecule has 4 atom stereocenters. The topological polar surface area (TPSA) is 135 Å². The van der Waals surface area contributed by atoms with Crippen LogP contribution in [0.2, 0.25) is 0 Å². The SMILES string of the molecule is CC(C)(/C=C(\C#N)C(=O)N1C[C@@H]2C[C@@H]2[C@@H]1COC(=O)N[C@@H](Cc1ccc(C(F)(F)F)cc1)B(O)O)N1CCOCC1. The summed E-state index contributed by atoms with van der Waals surface area (Å²) in [5, 5.41) is 31.6. The Morgan fingerprint density at radius 2 is 1.90 bits per heavy atom. The fourth-order valence-electron chi connectivity index (χ4n) is 5.57. The van der Waals surface area contributed by atoms with Crippen LogP contribution >= 0.6 is 0 Å². The molecular formula is C27H34BF3N4O6. The second kappa shape index (κ2) is 12.4. The molecule has 0 radical (unpaired) electrons. The van der Waals surface area contributed by atoms with Gasteiger partial charge in [-0.3, -0.25) is 9.69 Å². The van der Waals surface area contributed by atoms with Gasteiger partial charge in [0.15, 0.2) is 0 Å². The van der Waals surface area contributed by atoms with E-state index in [2.05, 4.69) is 10.2 Å². The minimum absolute atomic E-state index is 0.0113. The third-order valence-electron chi connectivity index (χ3n) is 8.02. The molecule has 2 saturated heterocycles. The number of hydrogen-bond acceptors (Lipinski definition) is 8. The fourth-order valence-corrected chi connectivity index (χ4v) is 5.57. The summed E-state index contributed by atoms with van der Waals surface area (Å²) in [5.74, 6) is -1.29. The smallest absolute Gasteiger partial charge is 0.447 e. The standard InChI is InChI=1S/C27H34BF3N4O6/c1-26(2,34-7-9-40-10-8-34)13-19(14-32)24(36)35-15-18-12-21(18)22(35)16-41-25(37)33-23(28(38)39)11-17-3-5-20(6-4-17)27(29,30)31/h3-6,13,18,21-23,38-39H,7-12,15-16H2,1-2H3,(H,33,37)/b19-13+/t18-,21-,22-,23-/m0/s1. The number of nitriles is 1. The number of alkyl carbamates (subject to hydrolysis) is 1. The summed E-state index contributed by atoms with van der Waals surface area (Å²) in [4.78, 5) is 29.7. The number of morpholine rings is 1. The lowest BCUT2D eigenvalue weighted by molar-refractivity contribution is -0.137. The number of carbonyl (C=O) groups excluding carboxylic acids is 2. The van der Waals surface area contributed by atoms with Crippen molar-refractivity contribution in [2.45, 2.75) is 50.4 Å². The molecule has 2 amide bonds. The van der Waals surface area contributed by atoms with Crippen LogP contribution in [0.5, 0.6) is 0 Å². The van der Waals surface area contributed by atoms with Crippen molar-refractivity contribution in [3.63, 3.8) is 0 Å². The maximum absolute atomic E-state index is 13.4. The second-order valence-corrected chi connectivity index (χ2v) is 11.3. The number of benzene rings is 1. The Morgan fingerprint density at radius 1 is 1.24 bits per heavy atom. The van der Waals surface area contributed by atoms with Crippen molar-refractivity contribution in [3.05, 3.63) is 47.0 Å². The predicted octanol–water partition coefficient (Wildman–Crippen LogP) is 1.76. The zero-order chi connectivity index (χ0) is 29.9. The molecule has 0 spiro atoms. The summed E-state index contributed by atoms with van der Waals surface area (Å²) in [6.45, 7) is 6.67. The molecule has 10 nitrogen and oxygen atoms in total. The Labute approximate surface area is 236 Å². The van der Waals surface area contributed by atoms with Crippen molar-refractivity contribution in [2.75, 3.05) is 39.5 Å². The van der Waals surface area contributed by atoms with Gasteiger partial charge in [0, 0.05) is 25.2 Å². The van der Waals surface area contributed by atoms with Gasteiger partial charge in [0.2, 0.25) is 0 Å². The molecule has 1 saturated carbocycles. The molecule has 3 N–H and O–H groups in total. The van der Waals surface area contributed by atoms with Crippen LogP contribution in [0.3, 0.4) is 0 Å². The molecule has 1 aliphatic carbocycles. The van der Waals surface area contributed by atoms with Gasteiger partial charge in [-0.05, 0) is 62.3 Å². The van der Waals surface area contributed by atoms with Crippen LogP contribution < -0.4 is 5.32 Å². The molecule has 0 unspecified atom stereocenters. The first-order chi connectivity index (χ1) is 19.3. The summed E-state index contributed by atoms with van der Waals surface area (Å²) < 4.78 is 49.2. The van der Waals surface area contributed by atoms with Crippen LogP contribution in [0.4, 0.5) is 18.0 Å². The first-order valence-electron chi connectivity index (χ1n) is 13.5. The van der Waals surface area contributed by atoms with Crippen molar-refractivity contribution >= 4 is 19.1 Å². The lowest BCUT2D eigenvalue weighted by atomic mass is 9.76. The maximum Gasteiger partial charge on any atom is 0.475 e. The van der Waals surface area contributed by atoms with Crippen molar-refractivity contribution in [1.82, 2.24) is 15.1 Å². The number of fused-ring (bicyclic) bond motifs is 1. The van der Waals surface area contributed by atoms with E-state index in [9.17, 15) is 38.1 Å². The van der Waals surface area contributed by atoms with Gasteiger partial charge in [0.1, 0.15) is 18.2 Å². The summed E-state index contributed by atoms with van der Waals surface area (Å²) in [6, 6.07) is 5.74. The third-order valence-corrected chi connectivity index (χ3v) is 8.02. The number of ether oxygens (including phenoxy) is 2. The van der Waals surface area contributed by atoms with Crippen molar-refractivity contribution in [3.8, 4) is 6.07 Å². The average molecular weight is 578 g/mol. The first kappa shape index (κ1) is 30.8. The van der Waals surface area contributed by atoms with Gasteiger partial charge in [-0.2, -0.15) is 18.4 Å². The molecule has 41 heavy (non-hydrogen) atoms. The number of nitrogens with zero attached hydrogens (tertiary/aromatic N) is 3. The molecule has 2 aliphatic heterocycles. The number of likely N-dealkylation sites (tertiary alicyclic amines) is 1. The van der Waals surface area contributed by atoms with E-state index in [0.29, 0.717) is 38.4 Å². The Balaban J connectivity index is 1.36. The van der Waals surface area contributed by atoms with Crippen LogP contribution in [0.15, 0.2) is 35.9 Å². The van der Waals surface area contributed by atoms with Crippen molar-refractivity contribution in [1.29, 1.82) is 5.26 Å². The van der Waals surface area contributed by atoms with Crippen LogP contribution in [0.25, 0.3) is 0 Å². The maximum atomic E-state index is 13.4. The minimum atomic E-state index is -4.50. The highest BCUT2D eigenvalue weighted by Gasteiger charge is 2.54. The summed E-state index contributed by atoms with van der Waals surface area (Å²) in [6.07, 6.45) is -3.08. The normalized spacial score (nSPS) is 23.8. The summed E-state index contributed by atoms with van der Waals surface area (Å²) >= 11 is 0. The zero-order valence-corrected chi connectivity index (χ0v) is 22.9. The minimum Gasteiger partial charge on any atom is -0.447 e. The van der Waals surface area contributed by atoms with E-state index in [1.54, 1.807) is 11.0 Å². The molecule has 2 heterocycles. The van der Waals surface area contributed by atoms with Crippen LogP contribution in [0.1, 0.15) is 31.4 Å². The molecule has 1 aromatic carbocycles. The van der Waals surface area contributed by atoms with E-state index in [0.717, 1.165) is 18.6 Å². The number of amides is 2. The summed E-state index contributed by atoms with van der Waals surface area (Å²) in [5.41, 5.74) is -1.03. The zero-order valence-electron chi connectivity index (χ0n) is 22.9. The van der Waals surface area contributed by atoms with Gasteiger partial charge in [0.05, 0.1) is 30.8 Å². The molecule has 222 valence electrons. The first-order valence-corrected chi connectivity index (χ1v) is 13.5. The van der Waals surface area contributed by atoms with Crippen LogP contribution in [0, 0.1) is 23.2 Å². The number of piperidine rings is 1. The Morgan fingerprint density at radius 3 is 2.49 bits per heavy atom. The van der Waals surface area contributed by atoms with E-state index in [-0.39, 0.29) is 30.4 Å². The van der Waals surface area contributed by atoms with Gasteiger partial charge in [-0.25, -0.2) is 4.79 Å². The lowest BCUT2D eigenvalue weighted by Gasteiger charge is -2.39. The molecule has 3 aliphatic rings. The molecule has 3 fully saturated rings. The van der Waals surface area contributed by atoms with Gasteiger partial charge in [-0.1, -0.05) is 12.1 Å². The quantitative estimate of drug-likeness (QED) is 0.229. The van der Waals surface area contributed by atoms with Gasteiger partial charge >= 0.3 is 19.4 Å². The van der Waals surface area contributed by atoms with E-state index in [1.165, 1.54) is 12.1 Å². The van der Waals surface area contributed by atoms with Gasteiger partial charge in [0.25, 0.3) is 5.91 Å². The van der Waals surface area contributed by atoms with E-state index in [1.807, 2.05) is 19.9 Å². The third kappa shape index (κ3) is 7.59. The predicted molar refractivity (Wildman–Crippen MR) is 141 cm³/mol. The van der Waals surface area contributed by atoms with E-state index in [4.69, 9.17) is 9.47 Å². The number of nitrogens with one attached hydrogen (secondary N) is 1. The van der Waals surface area contributed by atoms with Gasteiger partial charge < -0.3 is 29.7 Å². The fraction of sp³-hybridized carbons (Fsp3) is 0.593. The van der Waals surface area contributed by atoms with E-state index >= 15 is 0 Å². The average Bonchev–Trinajstić information content (AvgIpc) is 3.61. The Hall–Kier alpha value is -3.12. The van der Waals surface area contributed by atoms with E-state index < -0.39 is 48.4 Å². The number of alkyl halides is 3. The number of rotatable bonds is 9. The molecule has 1 aromatic rings. The molecule has 4 rings (SSSR count). The van der Waals surface area contributed by atoms with Gasteiger partial charge in [-0.15, -0.1) is 0 Å². The van der Waals surface area contributed by atoms with Crippen LogP contribution in [-0.4, -0.2) is 95.9 Å². The molecule has 0 aromatic heterocycles. The highest BCUT2D eigenvalue weighted by molar-refractivity contribution is 6.43. The number of halogens is 3. The molecular weight excluding hydrogens is 544 g/mol. The number of hydrogen-bond donors (Lipinski definition) is 3. The highest BCUT2D eigenvalue weighted by Crippen LogP contribution is 2.50. The number of carbonyl (C=O) groups is 2. The van der Waals surface area contributed by atoms with Crippen molar-refractivity contribution in [2.24, 2.45) is 11.8 Å². The van der Waals surface area contributed by atoms with Crippen molar-refractivity contribution < 1.29 is 42.3 Å². The second-order valence-electron chi connectivity index (χ2n) is 11.3. The molecule has 0 bridgehead atoms. The molecule has 14 heteroatoms. The highest BCUT2D eigenvalue weighted by atomic mass is 19.4. The Kier molecular flexibility index (Phi) is 9.33. The monoisotopic (exact) mass is 578 g/mol. The Bertz CT molecular complexity index is 1180. The lowest BCUT2D eigenvalue weighted by Crippen LogP contribution is -2.50.